The first kappa shape index (κ1) is 18.3. The molecule has 4 aromatic rings. The predicted molar refractivity (Wildman–Crippen MR) is 124 cm³/mol. The fourth-order valence-corrected chi connectivity index (χ4v) is 7.19. The summed E-state index contributed by atoms with van der Waals surface area (Å²) >= 11 is 6.19. The first-order chi connectivity index (χ1) is 13.4. The lowest BCUT2D eigenvalue weighted by Gasteiger charge is -2.11. The van der Waals surface area contributed by atoms with Gasteiger partial charge in [-0.05, 0) is 63.8 Å². The Balaban J connectivity index is 1.93. The molecule has 4 heterocycles. The molecule has 0 aliphatic carbocycles. The van der Waals surface area contributed by atoms with E-state index in [2.05, 4.69) is 41.5 Å². The summed E-state index contributed by atoms with van der Waals surface area (Å²) in [5.74, 6) is 0. The average Bonchev–Trinajstić information content (AvgIpc) is 3.43. The lowest BCUT2D eigenvalue weighted by Crippen LogP contribution is -1.88. The quantitative estimate of drug-likeness (QED) is 0.281. The van der Waals surface area contributed by atoms with Crippen molar-refractivity contribution < 1.29 is 0 Å². The average molecular weight is 443 g/mol. The van der Waals surface area contributed by atoms with Gasteiger partial charge in [-0.3, -0.25) is 0 Å². The van der Waals surface area contributed by atoms with E-state index in [1.54, 1.807) is 0 Å². The molecule has 0 saturated carbocycles. The van der Waals surface area contributed by atoms with Gasteiger partial charge in [0.25, 0.3) is 0 Å². The maximum absolute atomic E-state index is 4.73. The lowest BCUT2D eigenvalue weighted by molar-refractivity contribution is 1.35. The van der Waals surface area contributed by atoms with E-state index < -0.39 is 0 Å². The molecule has 4 nitrogen and oxygen atoms in total. The molecule has 0 atom stereocenters. The van der Waals surface area contributed by atoms with Gasteiger partial charge in [0.15, 0.2) is 0 Å². The van der Waals surface area contributed by atoms with Crippen LogP contribution >= 0.6 is 34.4 Å². The fraction of sp³-hybridized carbons (Fsp3) is 0.300. The van der Waals surface area contributed by atoms with Gasteiger partial charge in [0.2, 0.25) is 0 Å². The Hall–Kier alpha value is -1.74. The summed E-state index contributed by atoms with van der Waals surface area (Å²) in [7, 11) is 0. The van der Waals surface area contributed by atoms with Gasteiger partial charge in [0.1, 0.15) is 22.4 Å². The van der Waals surface area contributed by atoms with Crippen molar-refractivity contribution in [1.82, 2.24) is 8.75 Å². The molecule has 28 heavy (non-hydrogen) atoms. The van der Waals surface area contributed by atoms with Crippen LogP contribution in [0, 0.1) is 41.5 Å². The molecule has 5 rings (SSSR count). The Morgan fingerprint density at radius 1 is 0.571 bits per heavy atom. The zero-order valence-corrected chi connectivity index (χ0v) is 19.7. The number of rotatable bonds is 2. The van der Waals surface area contributed by atoms with E-state index in [0.29, 0.717) is 0 Å². The van der Waals surface area contributed by atoms with E-state index in [1.165, 1.54) is 64.8 Å². The normalized spacial score (nSPS) is 12.8. The summed E-state index contributed by atoms with van der Waals surface area (Å²) in [5.41, 5.74) is 11.3. The first-order valence-corrected chi connectivity index (χ1v) is 12.0. The highest BCUT2D eigenvalue weighted by Gasteiger charge is 2.29. The van der Waals surface area contributed by atoms with E-state index in [4.69, 9.17) is 17.5 Å². The van der Waals surface area contributed by atoms with Crippen molar-refractivity contribution in [2.75, 3.05) is 0 Å². The molecule has 8 heteroatoms. The molecule has 0 saturated heterocycles. The molecular weight excluding hydrogens is 425 g/mol. The molecule has 0 fully saturated rings. The Morgan fingerprint density at radius 2 is 1.00 bits per heavy atom. The lowest BCUT2D eigenvalue weighted by atomic mass is 9.97. The summed E-state index contributed by atoms with van der Waals surface area (Å²) in [6.07, 6.45) is 0. The van der Waals surface area contributed by atoms with Crippen LogP contribution in [-0.2, 0) is 11.4 Å². The summed E-state index contributed by atoms with van der Waals surface area (Å²) in [6, 6.07) is 0. The molecule has 1 aromatic carbocycles. The largest absolute Gasteiger partial charge is 0.172 e. The standard InChI is InChI=1S/C20H18N4S4/c1-7-9(3)19(25-11(7)5)13-15-17(23-27-21-15)14(18-16(13)22-28-24-18)20-10(4)8(2)12(6)26-20/h1-6H3. The van der Waals surface area contributed by atoms with Crippen molar-refractivity contribution in [2.24, 2.45) is 8.73 Å². The Labute approximate surface area is 179 Å². The third kappa shape index (κ3) is 2.38. The molecule has 0 spiro atoms. The summed E-state index contributed by atoms with van der Waals surface area (Å²) in [5, 5.41) is 0. The third-order valence-electron chi connectivity index (χ3n) is 5.75. The Morgan fingerprint density at radius 3 is 1.36 bits per heavy atom. The molecule has 1 aliphatic heterocycles. The first-order valence-electron chi connectivity index (χ1n) is 8.94. The molecule has 0 radical (unpaired) electrons. The second kappa shape index (κ2) is 6.38. The number of hydrogen-bond donors (Lipinski definition) is 0. The molecule has 0 amide bonds. The molecule has 3 aromatic heterocycles. The van der Waals surface area contributed by atoms with Crippen LogP contribution < -0.4 is 0 Å². The highest BCUT2D eigenvalue weighted by molar-refractivity contribution is 7.58. The monoisotopic (exact) mass is 442 g/mol. The van der Waals surface area contributed by atoms with Crippen molar-refractivity contribution in [3.8, 4) is 20.9 Å². The molecule has 1 aliphatic rings. The van der Waals surface area contributed by atoms with Crippen LogP contribution in [0.3, 0.4) is 0 Å². The summed E-state index contributed by atoms with van der Waals surface area (Å²) < 4.78 is 18.9. The van der Waals surface area contributed by atoms with Crippen LogP contribution in [0.5, 0.6) is 0 Å². The number of hydrogen-bond acceptors (Lipinski definition) is 7. The number of aryl methyl sites for hydroxylation is 2. The SMILES string of the molecule is Cc1sc(-c2c3c(c(-c4sc(C)c(C)c4C)c4nsnc24)N=S=N3)c(C)c1C. The van der Waals surface area contributed by atoms with Gasteiger partial charge in [-0.25, -0.2) is 0 Å². The smallest absolute Gasteiger partial charge is 0.116 e. The van der Waals surface area contributed by atoms with Gasteiger partial charge in [-0.15, -0.1) is 22.7 Å². The van der Waals surface area contributed by atoms with E-state index in [-0.39, 0.29) is 0 Å². The Bertz CT molecular complexity index is 1260. The highest BCUT2D eigenvalue weighted by Crippen LogP contribution is 2.55. The number of nitrogens with zero attached hydrogens (tertiary/aromatic N) is 4. The topological polar surface area (TPSA) is 50.5 Å². The minimum atomic E-state index is 0.952. The van der Waals surface area contributed by atoms with Crippen LogP contribution in [-0.4, -0.2) is 8.75 Å². The van der Waals surface area contributed by atoms with Gasteiger partial charge in [-0.1, -0.05) is 0 Å². The van der Waals surface area contributed by atoms with Gasteiger partial charge < -0.3 is 0 Å². The zero-order chi connectivity index (χ0) is 19.7. The van der Waals surface area contributed by atoms with Gasteiger partial charge in [-0.2, -0.15) is 17.5 Å². The number of fused-ring (bicyclic) bond motifs is 2. The molecule has 142 valence electrons. The predicted octanol–water partition coefficient (Wildman–Crippen LogP) is 7.73. The van der Waals surface area contributed by atoms with Crippen LogP contribution in [0.25, 0.3) is 31.9 Å². The summed E-state index contributed by atoms with van der Waals surface area (Å²) in [4.78, 5) is 5.16. The molecule has 0 unspecified atom stereocenters. The number of benzene rings is 1. The Kier molecular flexibility index (Phi) is 4.17. The second-order valence-electron chi connectivity index (χ2n) is 7.15. The maximum atomic E-state index is 4.73. The molecular formula is C20H18N4S4. The maximum Gasteiger partial charge on any atom is 0.116 e. The van der Waals surface area contributed by atoms with Gasteiger partial charge >= 0.3 is 0 Å². The van der Waals surface area contributed by atoms with Crippen molar-refractivity contribution in [2.45, 2.75) is 41.5 Å². The highest BCUT2D eigenvalue weighted by atomic mass is 32.1. The fourth-order valence-electron chi connectivity index (χ4n) is 3.65. The minimum Gasteiger partial charge on any atom is -0.172 e. The van der Waals surface area contributed by atoms with Crippen LogP contribution in [0.4, 0.5) is 11.4 Å². The third-order valence-corrected chi connectivity index (χ3v) is 9.46. The summed E-state index contributed by atoms with van der Waals surface area (Å²) in [6.45, 7) is 13.1. The van der Waals surface area contributed by atoms with E-state index in [0.717, 1.165) is 33.5 Å². The zero-order valence-electron chi connectivity index (χ0n) is 16.4. The van der Waals surface area contributed by atoms with Crippen LogP contribution in [0.1, 0.15) is 32.0 Å². The second-order valence-corrected chi connectivity index (χ2v) is 10.7. The van der Waals surface area contributed by atoms with Crippen molar-refractivity contribution in [1.29, 1.82) is 0 Å². The number of aromatic nitrogens is 2. The van der Waals surface area contributed by atoms with E-state index in [1.807, 2.05) is 22.7 Å². The van der Waals surface area contributed by atoms with Crippen molar-refractivity contribution in [3.05, 3.63) is 32.0 Å². The number of thiophene rings is 2. The minimum absolute atomic E-state index is 0.952. The van der Waals surface area contributed by atoms with Crippen LogP contribution in [0.15, 0.2) is 8.73 Å². The van der Waals surface area contributed by atoms with E-state index >= 15 is 0 Å². The van der Waals surface area contributed by atoms with Crippen LogP contribution in [0.2, 0.25) is 0 Å². The van der Waals surface area contributed by atoms with Gasteiger partial charge in [0.05, 0.1) is 34.2 Å². The van der Waals surface area contributed by atoms with E-state index in [9.17, 15) is 0 Å². The van der Waals surface area contributed by atoms with Gasteiger partial charge in [0, 0.05) is 19.5 Å². The van der Waals surface area contributed by atoms with Crippen molar-refractivity contribution >= 4 is 68.2 Å². The van der Waals surface area contributed by atoms with Crippen molar-refractivity contribution in [3.63, 3.8) is 0 Å². The molecule has 0 bridgehead atoms. The molecule has 0 N–H and O–H groups in total.